The fourth-order valence-corrected chi connectivity index (χ4v) is 2.31. The van der Waals surface area contributed by atoms with Crippen LogP contribution < -0.4 is 4.74 Å². The topological polar surface area (TPSA) is 46.5 Å². The molecule has 0 radical (unpaired) electrons. The van der Waals surface area contributed by atoms with Crippen LogP contribution in [0.15, 0.2) is 24.3 Å². The van der Waals surface area contributed by atoms with E-state index in [0.29, 0.717) is 0 Å². The number of rotatable bonds is 4. The van der Waals surface area contributed by atoms with Gasteiger partial charge in [-0.15, -0.1) is 0 Å². The summed E-state index contributed by atoms with van der Waals surface area (Å²) in [6, 6.07) is 4.47. The number of benzene rings is 2. The minimum absolute atomic E-state index is 0.100. The molecule has 2 rings (SSSR count). The molecule has 0 saturated carbocycles. The first kappa shape index (κ1) is 17.4. The van der Waals surface area contributed by atoms with Gasteiger partial charge in [0.25, 0.3) is 0 Å². The smallest absolute Gasteiger partial charge is 0.338 e. The number of ether oxygens (including phenoxy) is 1. The van der Waals surface area contributed by atoms with Crippen LogP contribution in [0.4, 0.5) is 13.2 Å². The van der Waals surface area contributed by atoms with E-state index in [1.165, 1.54) is 19.1 Å². The predicted octanol–water partition coefficient (Wildman–Crippen LogP) is 5.25. The van der Waals surface area contributed by atoms with Gasteiger partial charge in [-0.3, -0.25) is 0 Å². The largest absolute Gasteiger partial charge is 0.484 e. The molecule has 0 amide bonds. The Kier molecular flexibility index (Phi) is 5.06. The SMILES string of the molecule is CC(Oc1cc(F)c(Cl)c(F)c1Cl)c1cccc(C(=O)O)c1F. The average Bonchev–Trinajstić information content (AvgIpc) is 2.50. The minimum atomic E-state index is -1.45. The summed E-state index contributed by atoms with van der Waals surface area (Å²) in [6.07, 6.45) is -1.05. The lowest BCUT2D eigenvalue weighted by molar-refractivity contribution is 0.0691. The molecule has 0 spiro atoms. The van der Waals surface area contributed by atoms with Crippen molar-refractivity contribution < 1.29 is 27.8 Å². The van der Waals surface area contributed by atoms with Crippen molar-refractivity contribution in [2.24, 2.45) is 0 Å². The third-order valence-corrected chi connectivity index (χ3v) is 3.77. The summed E-state index contributed by atoms with van der Waals surface area (Å²) in [5.41, 5.74) is -0.644. The Bertz CT molecular complexity index is 781. The molecule has 1 atom stereocenters. The molecule has 0 fully saturated rings. The number of hydrogen-bond acceptors (Lipinski definition) is 2. The molecule has 0 saturated heterocycles. The van der Waals surface area contributed by atoms with Gasteiger partial charge in [-0.25, -0.2) is 18.0 Å². The summed E-state index contributed by atoms with van der Waals surface area (Å²) in [5, 5.41) is 7.55. The summed E-state index contributed by atoms with van der Waals surface area (Å²) >= 11 is 11.1. The van der Waals surface area contributed by atoms with Crippen molar-refractivity contribution in [2.45, 2.75) is 13.0 Å². The lowest BCUT2D eigenvalue weighted by Gasteiger charge is -2.18. The van der Waals surface area contributed by atoms with Gasteiger partial charge in [-0.2, -0.15) is 0 Å². The highest BCUT2D eigenvalue weighted by molar-refractivity contribution is 6.35. The van der Waals surface area contributed by atoms with Crippen molar-refractivity contribution in [1.82, 2.24) is 0 Å². The van der Waals surface area contributed by atoms with Gasteiger partial charge in [-0.1, -0.05) is 35.3 Å². The number of hydrogen-bond donors (Lipinski definition) is 1. The molecular weight excluding hydrogens is 356 g/mol. The summed E-state index contributed by atoms with van der Waals surface area (Å²) < 4.78 is 46.5. The third kappa shape index (κ3) is 3.38. The van der Waals surface area contributed by atoms with Crippen LogP contribution in [0.2, 0.25) is 10.0 Å². The monoisotopic (exact) mass is 364 g/mol. The van der Waals surface area contributed by atoms with Crippen LogP contribution in [0.5, 0.6) is 5.75 Å². The van der Waals surface area contributed by atoms with Crippen molar-refractivity contribution in [3.8, 4) is 5.75 Å². The molecule has 0 aromatic heterocycles. The van der Waals surface area contributed by atoms with E-state index in [4.69, 9.17) is 33.0 Å². The van der Waals surface area contributed by atoms with Crippen molar-refractivity contribution in [3.05, 3.63) is 62.9 Å². The predicted molar refractivity (Wildman–Crippen MR) is 78.8 cm³/mol. The zero-order valence-corrected chi connectivity index (χ0v) is 13.1. The zero-order chi connectivity index (χ0) is 17.3. The van der Waals surface area contributed by atoms with E-state index in [-0.39, 0.29) is 11.3 Å². The van der Waals surface area contributed by atoms with E-state index in [2.05, 4.69) is 0 Å². The molecule has 2 aromatic rings. The maximum atomic E-state index is 14.1. The lowest BCUT2D eigenvalue weighted by atomic mass is 10.1. The second-order valence-electron chi connectivity index (χ2n) is 4.57. The zero-order valence-electron chi connectivity index (χ0n) is 11.5. The van der Waals surface area contributed by atoms with E-state index < -0.39 is 45.1 Å². The van der Waals surface area contributed by atoms with Gasteiger partial charge in [-0.05, 0) is 13.0 Å². The number of carboxylic acids is 1. The van der Waals surface area contributed by atoms with Gasteiger partial charge >= 0.3 is 5.97 Å². The lowest BCUT2D eigenvalue weighted by Crippen LogP contribution is -2.10. The van der Waals surface area contributed by atoms with Crippen molar-refractivity contribution >= 4 is 29.2 Å². The van der Waals surface area contributed by atoms with Gasteiger partial charge in [0.05, 0.1) is 5.56 Å². The fourth-order valence-electron chi connectivity index (χ4n) is 1.92. The molecule has 0 aliphatic heterocycles. The van der Waals surface area contributed by atoms with E-state index in [9.17, 15) is 18.0 Å². The minimum Gasteiger partial charge on any atom is -0.484 e. The Labute approximate surface area is 139 Å². The Hall–Kier alpha value is -1.92. The molecule has 0 heterocycles. The van der Waals surface area contributed by atoms with E-state index in [0.717, 1.165) is 12.1 Å². The fraction of sp³-hybridized carbons (Fsp3) is 0.133. The maximum absolute atomic E-state index is 14.1. The van der Waals surface area contributed by atoms with Gasteiger partial charge < -0.3 is 9.84 Å². The van der Waals surface area contributed by atoms with Crippen molar-refractivity contribution in [2.75, 3.05) is 0 Å². The third-order valence-electron chi connectivity index (χ3n) is 3.07. The van der Waals surface area contributed by atoms with Crippen LogP contribution in [0.25, 0.3) is 0 Å². The van der Waals surface area contributed by atoms with Crippen LogP contribution in [-0.4, -0.2) is 11.1 Å². The molecule has 2 aromatic carbocycles. The highest BCUT2D eigenvalue weighted by Gasteiger charge is 2.22. The Balaban J connectivity index is 2.39. The van der Waals surface area contributed by atoms with Crippen LogP contribution in [0.3, 0.4) is 0 Å². The second-order valence-corrected chi connectivity index (χ2v) is 5.33. The normalized spacial score (nSPS) is 12.1. The van der Waals surface area contributed by atoms with Crippen molar-refractivity contribution in [3.63, 3.8) is 0 Å². The molecule has 122 valence electrons. The Morgan fingerprint density at radius 1 is 1.17 bits per heavy atom. The highest BCUT2D eigenvalue weighted by Crippen LogP contribution is 2.36. The maximum Gasteiger partial charge on any atom is 0.338 e. The first-order valence-electron chi connectivity index (χ1n) is 6.25. The number of aromatic carboxylic acids is 1. The van der Waals surface area contributed by atoms with E-state index >= 15 is 0 Å². The molecular formula is C15H9Cl2F3O3. The van der Waals surface area contributed by atoms with Crippen molar-refractivity contribution in [1.29, 1.82) is 0 Å². The quantitative estimate of drug-likeness (QED) is 0.595. The Morgan fingerprint density at radius 3 is 2.43 bits per heavy atom. The Morgan fingerprint density at radius 2 is 1.83 bits per heavy atom. The van der Waals surface area contributed by atoms with E-state index in [1.807, 2.05) is 0 Å². The molecule has 0 aliphatic carbocycles. The number of carboxylic acid groups (broad SMARTS) is 1. The average molecular weight is 365 g/mol. The number of carbonyl (C=O) groups is 1. The summed E-state index contributed by atoms with van der Waals surface area (Å²) in [7, 11) is 0. The highest BCUT2D eigenvalue weighted by atomic mass is 35.5. The van der Waals surface area contributed by atoms with Gasteiger partial charge in [0, 0.05) is 11.6 Å². The molecule has 0 bridgehead atoms. The molecule has 1 N–H and O–H groups in total. The van der Waals surface area contributed by atoms with Gasteiger partial charge in [0.1, 0.15) is 33.5 Å². The second kappa shape index (κ2) is 6.68. The first-order chi connectivity index (χ1) is 10.7. The van der Waals surface area contributed by atoms with E-state index in [1.54, 1.807) is 0 Å². The van der Waals surface area contributed by atoms with Crippen LogP contribution >= 0.6 is 23.2 Å². The summed E-state index contributed by atoms with van der Waals surface area (Å²) in [6.45, 7) is 1.38. The molecule has 0 aliphatic rings. The standard InChI is InChI=1S/C15H9Cl2F3O3/c1-6(7-3-2-4-8(13(7)19)15(21)22)23-10-5-9(18)11(16)14(20)12(10)17/h2-6H,1H3,(H,21,22). The number of halogens is 5. The summed E-state index contributed by atoms with van der Waals surface area (Å²) in [5.74, 6) is -5.11. The van der Waals surface area contributed by atoms with Gasteiger partial charge in [0.2, 0.25) is 0 Å². The van der Waals surface area contributed by atoms with Crippen LogP contribution in [0, 0.1) is 17.5 Å². The van der Waals surface area contributed by atoms with Crippen LogP contribution in [-0.2, 0) is 0 Å². The molecule has 8 heteroatoms. The van der Waals surface area contributed by atoms with Gasteiger partial charge in [0.15, 0.2) is 5.82 Å². The molecule has 3 nitrogen and oxygen atoms in total. The molecule has 23 heavy (non-hydrogen) atoms. The van der Waals surface area contributed by atoms with Crippen LogP contribution in [0.1, 0.15) is 28.9 Å². The first-order valence-corrected chi connectivity index (χ1v) is 7.01. The summed E-state index contributed by atoms with van der Waals surface area (Å²) in [4.78, 5) is 10.9. The molecule has 1 unspecified atom stereocenters.